The number of nitrogens with one attached hydrogen (secondary N) is 2. The van der Waals surface area contributed by atoms with Crippen molar-refractivity contribution in [3.63, 3.8) is 0 Å². The molecule has 0 spiro atoms. The van der Waals surface area contributed by atoms with Crippen LogP contribution in [0.15, 0.2) is 36.8 Å². The van der Waals surface area contributed by atoms with E-state index in [1.54, 1.807) is 6.20 Å². The number of hydrogen-bond donors (Lipinski definition) is 2. The number of hydrogen-bond acceptors (Lipinski definition) is 6. The van der Waals surface area contributed by atoms with Crippen LogP contribution in [-0.2, 0) is 0 Å². The average molecular weight is 366 g/mol. The summed E-state index contributed by atoms with van der Waals surface area (Å²) in [4.78, 5) is 13.5. The van der Waals surface area contributed by atoms with Crippen LogP contribution < -0.4 is 15.4 Å². The molecule has 0 bridgehead atoms. The highest BCUT2D eigenvalue weighted by atomic mass is 16.5. The van der Waals surface area contributed by atoms with Gasteiger partial charge in [0, 0.05) is 31.0 Å². The van der Waals surface area contributed by atoms with E-state index in [2.05, 4.69) is 25.6 Å². The Morgan fingerprint density at radius 2 is 2.07 bits per heavy atom. The zero-order chi connectivity index (χ0) is 18.6. The monoisotopic (exact) mass is 366 g/mol. The van der Waals surface area contributed by atoms with Gasteiger partial charge >= 0.3 is 0 Å². The van der Waals surface area contributed by atoms with Crippen LogP contribution in [0.3, 0.4) is 0 Å². The third kappa shape index (κ3) is 4.03. The summed E-state index contributed by atoms with van der Waals surface area (Å²) >= 11 is 0. The maximum atomic E-state index is 5.85. The summed E-state index contributed by atoms with van der Waals surface area (Å²) in [6.07, 6.45) is 9.41. The fourth-order valence-electron chi connectivity index (χ4n) is 3.13. The third-order valence-electron chi connectivity index (χ3n) is 4.62. The van der Waals surface area contributed by atoms with Gasteiger partial charge in [-0.2, -0.15) is 0 Å². The number of fused-ring (bicyclic) bond motifs is 1. The van der Waals surface area contributed by atoms with Crippen LogP contribution in [0.2, 0.25) is 0 Å². The van der Waals surface area contributed by atoms with Gasteiger partial charge in [-0.25, -0.2) is 15.0 Å². The summed E-state index contributed by atoms with van der Waals surface area (Å²) < 4.78 is 7.88. The predicted octanol–water partition coefficient (Wildman–Crippen LogP) is 3.13. The van der Waals surface area contributed by atoms with E-state index in [1.165, 1.54) is 0 Å². The lowest BCUT2D eigenvalue weighted by atomic mass is 10.3. The van der Waals surface area contributed by atoms with E-state index in [-0.39, 0.29) is 0 Å². The standard InChI is InChI=1S/C18H20N6O.C2H6/c1-2-13(1)25-14-5-8-24-16(11-21-17(24)9-14)15-4-7-20-18(23-15)22-12-3-6-19-10-12;1-2/h4-5,7-9,11-13,19H,1-3,6,10H2,(H,20,22,23);1-2H3. The van der Waals surface area contributed by atoms with Crippen molar-refractivity contribution in [3.05, 3.63) is 36.8 Å². The number of anilines is 1. The van der Waals surface area contributed by atoms with Crippen molar-refractivity contribution in [2.75, 3.05) is 18.4 Å². The summed E-state index contributed by atoms with van der Waals surface area (Å²) in [7, 11) is 0. The van der Waals surface area contributed by atoms with Crippen molar-refractivity contribution in [3.8, 4) is 17.1 Å². The van der Waals surface area contributed by atoms with Gasteiger partial charge in [-0.05, 0) is 37.9 Å². The van der Waals surface area contributed by atoms with Crippen molar-refractivity contribution in [2.24, 2.45) is 0 Å². The summed E-state index contributed by atoms with van der Waals surface area (Å²) in [6, 6.07) is 6.27. The van der Waals surface area contributed by atoms with Gasteiger partial charge in [-0.15, -0.1) is 0 Å². The lowest BCUT2D eigenvalue weighted by Gasteiger charge is -2.11. The lowest BCUT2D eigenvalue weighted by molar-refractivity contribution is 0.303. The minimum Gasteiger partial charge on any atom is -0.490 e. The molecule has 5 rings (SSSR count). The van der Waals surface area contributed by atoms with Gasteiger partial charge in [0.25, 0.3) is 0 Å². The molecule has 27 heavy (non-hydrogen) atoms. The van der Waals surface area contributed by atoms with E-state index < -0.39 is 0 Å². The number of imidazole rings is 1. The number of aromatic nitrogens is 4. The van der Waals surface area contributed by atoms with Crippen LogP contribution in [0.1, 0.15) is 33.1 Å². The quantitative estimate of drug-likeness (QED) is 0.722. The number of nitrogens with zero attached hydrogens (tertiary/aromatic N) is 4. The smallest absolute Gasteiger partial charge is 0.223 e. The minimum atomic E-state index is 0.387. The summed E-state index contributed by atoms with van der Waals surface area (Å²) in [5, 5.41) is 6.73. The van der Waals surface area contributed by atoms with Crippen LogP contribution in [-0.4, -0.2) is 44.6 Å². The van der Waals surface area contributed by atoms with E-state index in [0.717, 1.165) is 55.1 Å². The second-order valence-corrected chi connectivity index (χ2v) is 6.65. The molecular formula is C20H26N6O. The first kappa shape index (κ1) is 17.7. The molecule has 3 aromatic rings. The molecule has 1 aliphatic heterocycles. The fourth-order valence-corrected chi connectivity index (χ4v) is 3.13. The Hall–Kier alpha value is -2.67. The number of pyridine rings is 1. The molecule has 4 heterocycles. The molecule has 1 atom stereocenters. The van der Waals surface area contributed by atoms with Crippen molar-refractivity contribution in [2.45, 2.75) is 45.3 Å². The Balaban J connectivity index is 0.000000872. The van der Waals surface area contributed by atoms with Gasteiger partial charge in [0.05, 0.1) is 23.7 Å². The first-order chi connectivity index (χ1) is 13.3. The van der Waals surface area contributed by atoms with Gasteiger partial charge in [-0.1, -0.05) is 13.8 Å². The van der Waals surface area contributed by atoms with Crippen molar-refractivity contribution in [1.82, 2.24) is 24.7 Å². The SMILES string of the molecule is CC.c1cc(-c2cnc3cc(OC4CC4)ccn23)nc(NC2CCNC2)n1. The van der Waals surface area contributed by atoms with Gasteiger partial charge in [0.2, 0.25) is 5.95 Å². The number of ether oxygens (including phenoxy) is 1. The molecule has 2 fully saturated rings. The highest BCUT2D eigenvalue weighted by molar-refractivity contribution is 5.62. The molecule has 1 unspecified atom stereocenters. The van der Waals surface area contributed by atoms with E-state index in [1.807, 2.05) is 48.8 Å². The summed E-state index contributed by atoms with van der Waals surface area (Å²) in [5.41, 5.74) is 2.66. The molecule has 7 nitrogen and oxygen atoms in total. The molecule has 7 heteroatoms. The third-order valence-corrected chi connectivity index (χ3v) is 4.62. The van der Waals surface area contributed by atoms with E-state index in [9.17, 15) is 0 Å². The van der Waals surface area contributed by atoms with Crippen LogP contribution in [0.25, 0.3) is 17.0 Å². The summed E-state index contributed by atoms with van der Waals surface area (Å²) in [5.74, 6) is 1.54. The molecule has 0 amide bonds. The Kier molecular flexibility index (Phi) is 5.20. The molecule has 2 N–H and O–H groups in total. The summed E-state index contributed by atoms with van der Waals surface area (Å²) in [6.45, 7) is 5.99. The van der Waals surface area contributed by atoms with E-state index in [4.69, 9.17) is 4.74 Å². The minimum absolute atomic E-state index is 0.387. The maximum absolute atomic E-state index is 5.85. The van der Waals surface area contributed by atoms with Crippen molar-refractivity contribution >= 4 is 11.6 Å². The van der Waals surface area contributed by atoms with Crippen molar-refractivity contribution < 1.29 is 4.74 Å². The molecule has 0 aromatic carbocycles. The first-order valence-electron chi connectivity index (χ1n) is 9.79. The van der Waals surface area contributed by atoms with Gasteiger partial charge in [0.1, 0.15) is 11.4 Å². The van der Waals surface area contributed by atoms with E-state index in [0.29, 0.717) is 18.1 Å². The largest absolute Gasteiger partial charge is 0.490 e. The molecule has 3 aromatic heterocycles. The van der Waals surface area contributed by atoms with Crippen LogP contribution >= 0.6 is 0 Å². The zero-order valence-corrected chi connectivity index (χ0v) is 15.9. The number of rotatable bonds is 5. The lowest BCUT2D eigenvalue weighted by Crippen LogP contribution is -2.23. The zero-order valence-electron chi connectivity index (χ0n) is 15.9. The highest BCUT2D eigenvalue weighted by Crippen LogP contribution is 2.28. The second kappa shape index (κ2) is 7.92. The molecule has 2 aliphatic rings. The molecule has 1 saturated heterocycles. The van der Waals surface area contributed by atoms with Crippen molar-refractivity contribution in [1.29, 1.82) is 0 Å². The van der Waals surface area contributed by atoms with Gasteiger partial charge in [0.15, 0.2) is 0 Å². The fraction of sp³-hybridized carbons (Fsp3) is 0.450. The topological polar surface area (TPSA) is 76.4 Å². The van der Waals surface area contributed by atoms with E-state index >= 15 is 0 Å². The molecule has 1 saturated carbocycles. The second-order valence-electron chi connectivity index (χ2n) is 6.65. The van der Waals surface area contributed by atoms with Gasteiger partial charge < -0.3 is 15.4 Å². The molecule has 0 radical (unpaired) electrons. The maximum Gasteiger partial charge on any atom is 0.223 e. The Bertz CT molecular complexity index is 898. The normalized spacial score (nSPS) is 18.8. The van der Waals surface area contributed by atoms with Gasteiger partial charge in [-0.3, -0.25) is 4.40 Å². The molecule has 1 aliphatic carbocycles. The Labute approximate surface area is 159 Å². The van der Waals surface area contributed by atoms with Crippen LogP contribution in [0, 0.1) is 0 Å². The molecule has 142 valence electrons. The Morgan fingerprint density at radius 3 is 2.85 bits per heavy atom. The first-order valence-corrected chi connectivity index (χ1v) is 9.79. The molecular weight excluding hydrogens is 340 g/mol. The van der Waals surface area contributed by atoms with Crippen LogP contribution in [0.5, 0.6) is 5.75 Å². The van der Waals surface area contributed by atoms with Crippen LogP contribution in [0.4, 0.5) is 5.95 Å². The highest BCUT2D eigenvalue weighted by Gasteiger charge is 2.23. The Morgan fingerprint density at radius 1 is 1.19 bits per heavy atom. The predicted molar refractivity (Wildman–Crippen MR) is 106 cm³/mol. The average Bonchev–Trinajstić information content (AvgIpc) is 3.19.